The molecule has 24 heavy (non-hydrogen) atoms. The van der Waals surface area contributed by atoms with Crippen LogP contribution in [0.4, 0.5) is 23.2 Å². The lowest BCUT2D eigenvalue weighted by Gasteiger charge is -2.08. The fourth-order valence-electron chi connectivity index (χ4n) is 1.93. The van der Waals surface area contributed by atoms with Crippen LogP contribution in [0.2, 0.25) is 0 Å². The van der Waals surface area contributed by atoms with Gasteiger partial charge in [-0.2, -0.15) is 18.3 Å². The van der Waals surface area contributed by atoms with E-state index in [1.54, 1.807) is 6.07 Å². The molecule has 0 aliphatic rings. The molecule has 1 heterocycles. The van der Waals surface area contributed by atoms with Crippen LogP contribution in [0.25, 0.3) is 0 Å². The lowest BCUT2D eigenvalue weighted by molar-refractivity contribution is -0.142. The molecule has 1 N–H and O–H groups in total. The lowest BCUT2D eigenvalue weighted by Crippen LogP contribution is -2.16. The highest BCUT2D eigenvalue weighted by molar-refractivity contribution is 9.10. The molecular weight excluding hydrogens is 462 g/mol. The molecule has 0 saturated carbocycles. The number of nitrogens with zero attached hydrogens (tertiary/aromatic N) is 2. The summed E-state index contributed by atoms with van der Waals surface area (Å²) in [5.41, 5.74) is -0.790. The second-order valence-corrected chi connectivity index (χ2v) is 6.60. The van der Waals surface area contributed by atoms with Gasteiger partial charge in [-0.15, -0.1) is 0 Å². The van der Waals surface area contributed by atoms with Crippen LogP contribution in [-0.2, 0) is 17.5 Å². The quantitative estimate of drug-likeness (QED) is 0.643. The van der Waals surface area contributed by atoms with E-state index < -0.39 is 23.6 Å². The summed E-state index contributed by atoms with van der Waals surface area (Å²) in [7, 11) is 0. The molecule has 2 aromatic rings. The summed E-state index contributed by atoms with van der Waals surface area (Å²) in [5, 5.41) is 5.84. The Labute approximate surface area is 151 Å². The van der Waals surface area contributed by atoms with Gasteiger partial charge in [0.15, 0.2) is 5.69 Å². The first kappa shape index (κ1) is 18.9. The van der Waals surface area contributed by atoms with Gasteiger partial charge in [0, 0.05) is 10.9 Å². The van der Waals surface area contributed by atoms with Crippen LogP contribution in [0.1, 0.15) is 17.8 Å². The topological polar surface area (TPSA) is 46.9 Å². The zero-order valence-electron chi connectivity index (χ0n) is 12.2. The van der Waals surface area contributed by atoms with Gasteiger partial charge in [0.25, 0.3) is 0 Å². The number of rotatable bonds is 4. The largest absolute Gasteiger partial charge is 0.436 e. The van der Waals surface area contributed by atoms with Crippen molar-refractivity contribution in [3.8, 4) is 0 Å². The third-order valence-electron chi connectivity index (χ3n) is 3.16. The molecule has 0 aliphatic heterocycles. The number of carbonyl (C=O) groups excluding carboxylic acids is 1. The van der Waals surface area contributed by atoms with Gasteiger partial charge in [-0.25, -0.2) is 4.39 Å². The maximum Gasteiger partial charge on any atom is 0.436 e. The number of hydrogen-bond donors (Lipinski definition) is 1. The minimum atomic E-state index is -4.59. The standard InChI is InChI=1S/C14H11Br2F4N3O/c1-7-12(16)13(14(18,19)20)22-23(7)5-4-11(24)21-10-3-2-8(15)6-9(10)17/h2-3,6H,4-5H2,1H3,(H,21,24). The molecule has 0 spiro atoms. The van der Waals surface area contributed by atoms with Gasteiger partial charge in [-0.3, -0.25) is 9.48 Å². The summed E-state index contributed by atoms with van der Waals surface area (Å²) in [6, 6.07) is 4.14. The van der Waals surface area contributed by atoms with Gasteiger partial charge < -0.3 is 5.32 Å². The van der Waals surface area contributed by atoms with E-state index in [4.69, 9.17) is 0 Å². The molecule has 1 aromatic carbocycles. The Morgan fingerprint density at radius 3 is 2.54 bits per heavy atom. The van der Waals surface area contributed by atoms with Crippen molar-refractivity contribution in [1.82, 2.24) is 9.78 Å². The molecule has 0 atom stereocenters. The molecule has 0 unspecified atom stereocenters. The van der Waals surface area contributed by atoms with Crippen LogP contribution >= 0.6 is 31.9 Å². The lowest BCUT2D eigenvalue weighted by atomic mass is 10.3. The molecule has 0 radical (unpaired) electrons. The Balaban J connectivity index is 2.04. The van der Waals surface area contributed by atoms with E-state index in [2.05, 4.69) is 42.3 Å². The first-order chi connectivity index (χ1) is 11.1. The number of alkyl halides is 3. The van der Waals surface area contributed by atoms with E-state index in [1.165, 1.54) is 19.1 Å². The highest BCUT2D eigenvalue weighted by atomic mass is 79.9. The van der Waals surface area contributed by atoms with Crippen molar-refractivity contribution in [2.75, 3.05) is 5.32 Å². The Morgan fingerprint density at radius 2 is 2.00 bits per heavy atom. The van der Waals surface area contributed by atoms with Crippen LogP contribution in [0, 0.1) is 12.7 Å². The molecule has 0 aliphatic carbocycles. The predicted molar refractivity (Wildman–Crippen MR) is 87.0 cm³/mol. The first-order valence-corrected chi connectivity index (χ1v) is 8.23. The number of aryl methyl sites for hydroxylation is 1. The van der Waals surface area contributed by atoms with E-state index >= 15 is 0 Å². The van der Waals surface area contributed by atoms with Gasteiger partial charge >= 0.3 is 6.18 Å². The van der Waals surface area contributed by atoms with Crippen LogP contribution in [0.5, 0.6) is 0 Å². The number of benzene rings is 1. The van der Waals surface area contributed by atoms with Crippen molar-refractivity contribution in [3.05, 3.63) is 44.3 Å². The Bertz CT molecular complexity index is 774. The normalized spacial score (nSPS) is 11.6. The van der Waals surface area contributed by atoms with E-state index in [0.29, 0.717) is 4.47 Å². The Morgan fingerprint density at radius 1 is 1.33 bits per heavy atom. The molecule has 1 aromatic heterocycles. The van der Waals surface area contributed by atoms with E-state index in [0.717, 1.165) is 4.68 Å². The van der Waals surface area contributed by atoms with Gasteiger partial charge in [-0.1, -0.05) is 15.9 Å². The van der Waals surface area contributed by atoms with Crippen LogP contribution in [0.3, 0.4) is 0 Å². The summed E-state index contributed by atoms with van der Waals surface area (Å²) in [4.78, 5) is 11.9. The minimum absolute atomic E-state index is 0.00227. The van der Waals surface area contributed by atoms with E-state index in [1.807, 2.05) is 0 Å². The molecule has 0 bridgehead atoms. The van der Waals surface area contributed by atoms with Crippen molar-refractivity contribution in [2.45, 2.75) is 26.1 Å². The van der Waals surface area contributed by atoms with Crippen molar-refractivity contribution >= 4 is 43.5 Å². The summed E-state index contributed by atoms with van der Waals surface area (Å²) >= 11 is 5.95. The summed E-state index contributed by atoms with van der Waals surface area (Å²) < 4.78 is 53.4. The van der Waals surface area contributed by atoms with E-state index in [-0.39, 0.29) is 28.8 Å². The van der Waals surface area contributed by atoms with Gasteiger partial charge in [0.05, 0.1) is 22.4 Å². The zero-order valence-corrected chi connectivity index (χ0v) is 15.4. The number of nitrogens with one attached hydrogen (secondary N) is 1. The first-order valence-electron chi connectivity index (χ1n) is 6.64. The maximum absolute atomic E-state index is 13.6. The molecule has 130 valence electrons. The average molecular weight is 473 g/mol. The number of carbonyl (C=O) groups is 1. The molecule has 0 saturated heterocycles. The second kappa shape index (κ2) is 7.22. The van der Waals surface area contributed by atoms with Crippen molar-refractivity contribution < 1.29 is 22.4 Å². The molecule has 1 amide bonds. The average Bonchev–Trinajstić information content (AvgIpc) is 2.76. The number of amides is 1. The third kappa shape index (κ3) is 4.35. The van der Waals surface area contributed by atoms with Crippen molar-refractivity contribution in [1.29, 1.82) is 0 Å². The summed E-state index contributed by atoms with van der Waals surface area (Å²) in [6.45, 7) is 1.39. The number of halogens is 6. The molecule has 4 nitrogen and oxygen atoms in total. The smallest absolute Gasteiger partial charge is 0.324 e. The van der Waals surface area contributed by atoms with Gasteiger partial charge in [0.2, 0.25) is 5.91 Å². The fraction of sp³-hybridized carbons (Fsp3) is 0.286. The maximum atomic E-state index is 13.6. The number of aromatic nitrogens is 2. The monoisotopic (exact) mass is 471 g/mol. The molecule has 10 heteroatoms. The van der Waals surface area contributed by atoms with Crippen LogP contribution in [0.15, 0.2) is 27.1 Å². The molecule has 0 fully saturated rings. The Kier molecular flexibility index (Phi) is 5.69. The van der Waals surface area contributed by atoms with E-state index in [9.17, 15) is 22.4 Å². The molecular formula is C14H11Br2F4N3O. The van der Waals surface area contributed by atoms with Crippen molar-refractivity contribution in [3.63, 3.8) is 0 Å². The van der Waals surface area contributed by atoms with Gasteiger partial charge in [0.1, 0.15) is 5.82 Å². The summed E-state index contributed by atoms with van der Waals surface area (Å²) in [6.07, 6.45) is -4.74. The van der Waals surface area contributed by atoms with Crippen LogP contribution < -0.4 is 5.32 Å². The summed E-state index contributed by atoms with van der Waals surface area (Å²) in [5.74, 6) is -1.15. The SMILES string of the molecule is Cc1c(Br)c(C(F)(F)F)nn1CCC(=O)Nc1ccc(Br)cc1F. The minimum Gasteiger partial charge on any atom is -0.324 e. The Hall–Kier alpha value is -1.42. The zero-order chi connectivity index (χ0) is 18.1. The highest BCUT2D eigenvalue weighted by Crippen LogP contribution is 2.35. The number of hydrogen-bond acceptors (Lipinski definition) is 2. The van der Waals surface area contributed by atoms with Gasteiger partial charge in [-0.05, 0) is 41.1 Å². The molecule has 2 rings (SSSR count). The second-order valence-electron chi connectivity index (χ2n) is 4.89. The predicted octanol–water partition coefficient (Wildman–Crippen LogP) is 4.90. The van der Waals surface area contributed by atoms with Crippen molar-refractivity contribution in [2.24, 2.45) is 0 Å². The van der Waals surface area contributed by atoms with Crippen LogP contribution in [-0.4, -0.2) is 15.7 Å². The highest BCUT2D eigenvalue weighted by Gasteiger charge is 2.37. The third-order valence-corrected chi connectivity index (χ3v) is 4.60. The number of anilines is 1. The fourth-order valence-corrected chi connectivity index (χ4v) is 2.78.